The van der Waals surface area contributed by atoms with Crippen LogP contribution in [0.1, 0.15) is 12.5 Å². The third-order valence-corrected chi connectivity index (χ3v) is 6.60. The van der Waals surface area contributed by atoms with E-state index in [-0.39, 0.29) is 35.4 Å². The van der Waals surface area contributed by atoms with Crippen molar-refractivity contribution in [3.63, 3.8) is 0 Å². The number of anilines is 1. The van der Waals surface area contributed by atoms with Gasteiger partial charge in [0, 0.05) is 19.3 Å². The fourth-order valence-electron chi connectivity index (χ4n) is 3.25. The summed E-state index contributed by atoms with van der Waals surface area (Å²) in [6.07, 6.45) is 0. The monoisotopic (exact) mass is 499 g/mol. The molecule has 0 aliphatic carbocycles. The Morgan fingerprint density at radius 1 is 0.971 bits per heavy atom. The maximum Gasteiger partial charge on any atom is 0.261 e. The molecule has 0 heterocycles. The zero-order chi connectivity index (χ0) is 25.4. The van der Waals surface area contributed by atoms with Crippen LogP contribution < -0.4 is 14.8 Å². The van der Waals surface area contributed by atoms with Crippen molar-refractivity contribution in [1.82, 2.24) is 10.2 Å². The average molecular weight is 500 g/mol. The van der Waals surface area contributed by atoms with Gasteiger partial charge < -0.3 is 15.0 Å². The maximum atomic E-state index is 13.0. The molecule has 3 aromatic rings. The molecule has 8 nitrogen and oxygen atoms in total. The van der Waals surface area contributed by atoms with E-state index in [1.807, 2.05) is 30.3 Å². The number of hydrogen-bond donors (Lipinski definition) is 2. The lowest BCUT2D eigenvalue weighted by Gasteiger charge is -2.28. The third kappa shape index (κ3) is 7.03. The van der Waals surface area contributed by atoms with Crippen molar-refractivity contribution in [2.45, 2.75) is 24.4 Å². The second-order valence-corrected chi connectivity index (χ2v) is 9.35. The van der Waals surface area contributed by atoms with Crippen LogP contribution in [-0.2, 0) is 26.2 Å². The highest BCUT2D eigenvalue weighted by molar-refractivity contribution is 7.92. The molecule has 2 amide bonds. The van der Waals surface area contributed by atoms with Crippen LogP contribution in [0.4, 0.5) is 10.1 Å². The van der Waals surface area contributed by atoms with Crippen molar-refractivity contribution < 1.29 is 27.1 Å². The van der Waals surface area contributed by atoms with Crippen LogP contribution in [0.3, 0.4) is 0 Å². The van der Waals surface area contributed by atoms with Crippen LogP contribution in [0.25, 0.3) is 0 Å². The average Bonchev–Trinajstić information content (AvgIpc) is 2.87. The molecule has 0 spiro atoms. The van der Waals surface area contributed by atoms with E-state index in [0.717, 1.165) is 17.7 Å². The van der Waals surface area contributed by atoms with Gasteiger partial charge in [0.1, 0.15) is 17.6 Å². The number of nitrogens with one attached hydrogen (secondary N) is 2. The summed E-state index contributed by atoms with van der Waals surface area (Å²) < 4.78 is 46.1. The molecule has 2 N–H and O–H groups in total. The summed E-state index contributed by atoms with van der Waals surface area (Å²) in [5, 5.41) is 2.55. The molecule has 1 atom stereocenters. The van der Waals surface area contributed by atoms with Crippen molar-refractivity contribution in [3.05, 3.63) is 90.2 Å². The van der Waals surface area contributed by atoms with E-state index in [1.54, 1.807) is 6.92 Å². The number of carbonyl (C=O) groups excluding carboxylic acids is 2. The Bertz CT molecular complexity index is 1250. The van der Waals surface area contributed by atoms with Gasteiger partial charge in [-0.25, -0.2) is 12.8 Å². The van der Waals surface area contributed by atoms with Crippen molar-refractivity contribution >= 4 is 27.5 Å². The van der Waals surface area contributed by atoms with E-state index >= 15 is 0 Å². The highest BCUT2D eigenvalue weighted by Crippen LogP contribution is 2.20. The number of carbonyl (C=O) groups is 2. The van der Waals surface area contributed by atoms with E-state index < -0.39 is 27.8 Å². The Hall–Kier alpha value is -3.92. The van der Waals surface area contributed by atoms with E-state index in [2.05, 4.69) is 10.0 Å². The van der Waals surface area contributed by atoms with E-state index in [9.17, 15) is 22.4 Å². The van der Waals surface area contributed by atoms with Gasteiger partial charge in [0.2, 0.25) is 5.91 Å². The van der Waals surface area contributed by atoms with Gasteiger partial charge >= 0.3 is 0 Å². The molecule has 0 bridgehead atoms. The Morgan fingerprint density at radius 3 is 2.20 bits per heavy atom. The zero-order valence-corrected chi connectivity index (χ0v) is 20.1. The topological polar surface area (TPSA) is 105 Å². The lowest BCUT2D eigenvalue weighted by Crippen LogP contribution is -2.48. The second-order valence-electron chi connectivity index (χ2n) is 7.67. The molecule has 0 saturated heterocycles. The molecule has 0 aromatic heterocycles. The third-order valence-electron chi connectivity index (χ3n) is 5.20. The van der Waals surface area contributed by atoms with Gasteiger partial charge in [-0.1, -0.05) is 30.3 Å². The number of rotatable bonds is 10. The molecule has 1 unspecified atom stereocenters. The standard InChI is InChI=1S/C25H26FN3O5S/c1-18(25(31)27-2)29(16-19-6-4-3-5-7-19)24(30)17-34-22-12-14-23(15-13-22)35(32,33)28-21-10-8-20(26)9-11-21/h3-15,18,28H,16-17H2,1-2H3,(H,27,31). The van der Waals surface area contributed by atoms with Crippen LogP contribution in [0, 0.1) is 5.82 Å². The molecular weight excluding hydrogens is 473 g/mol. The van der Waals surface area contributed by atoms with Crippen molar-refractivity contribution in [1.29, 1.82) is 0 Å². The molecule has 184 valence electrons. The first kappa shape index (κ1) is 25.7. The van der Waals surface area contributed by atoms with Gasteiger partial charge in [0.15, 0.2) is 6.61 Å². The van der Waals surface area contributed by atoms with Gasteiger partial charge in [-0.15, -0.1) is 0 Å². The predicted octanol–water partition coefficient (Wildman–Crippen LogP) is 3.17. The summed E-state index contributed by atoms with van der Waals surface area (Å²) in [5.41, 5.74) is 1.08. The molecule has 0 radical (unpaired) electrons. The molecule has 3 aromatic carbocycles. The minimum atomic E-state index is -3.89. The number of amides is 2. The lowest BCUT2D eigenvalue weighted by atomic mass is 10.1. The number of halogens is 1. The van der Waals surface area contributed by atoms with Crippen LogP contribution >= 0.6 is 0 Å². The van der Waals surface area contributed by atoms with Gasteiger partial charge in [-0.3, -0.25) is 14.3 Å². The van der Waals surface area contributed by atoms with Gasteiger partial charge in [-0.2, -0.15) is 0 Å². The summed E-state index contributed by atoms with van der Waals surface area (Å²) in [7, 11) is -2.39. The molecule has 0 saturated carbocycles. The summed E-state index contributed by atoms with van der Waals surface area (Å²) >= 11 is 0. The molecule has 3 rings (SSSR count). The number of benzene rings is 3. The first-order valence-electron chi connectivity index (χ1n) is 10.8. The van der Waals surface area contributed by atoms with E-state index in [0.29, 0.717) is 0 Å². The molecule has 0 aliphatic heterocycles. The Balaban J connectivity index is 1.66. The summed E-state index contributed by atoms with van der Waals surface area (Å²) in [4.78, 5) is 26.5. The van der Waals surface area contributed by atoms with Crippen LogP contribution in [0.15, 0.2) is 83.8 Å². The largest absolute Gasteiger partial charge is 0.484 e. The zero-order valence-electron chi connectivity index (χ0n) is 19.3. The number of nitrogens with zero attached hydrogens (tertiary/aromatic N) is 1. The second kappa shape index (κ2) is 11.5. The fourth-order valence-corrected chi connectivity index (χ4v) is 4.31. The summed E-state index contributed by atoms with van der Waals surface area (Å²) in [5.74, 6) is -0.903. The van der Waals surface area contributed by atoms with Crippen molar-refractivity contribution in [2.24, 2.45) is 0 Å². The molecule has 35 heavy (non-hydrogen) atoms. The lowest BCUT2D eigenvalue weighted by molar-refractivity contribution is -0.142. The van der Waals surface area contributed by atoms with Crippen molar-refractivity contribution in [3.8, 4) is 5.75 Å². The number of sulfonamides is 1. The highest BCUT2D eigenvalue weighted by Gasteiger charge is 2.26. The summed E-state index contributed by atoms with van der Waals surface area (Å²) in [6, 6.07) is 19.0. The van der Waals surface area contributed by atoms with Gasteiger partial charge in [0.25, 0.3) is 15.9 Å². The highest BCUT2D eigenvalue weighted by atomic mass is 32.2. The molecule has 0 aliphatic rings. The van der Waals surface area contributed by atoms with Crippen LogP contribution in [0.5, 0.6) is 5.75 Å². The quantitative estimate of drug-likeness (QED) is 0.446. The van der Waals surface area contributed by atoms with Gasteiger partial charge in [-0.05, 0) is 61.0 Å². The number of hydrogen-bond acceptors (Lipinski definition) is 5. The molecular formula is C25H26FN3O5S. The smallest absolute Gasteiger partial charge is 0.261 e. The first-order chi connectivity index (χ1) is 16.7. The maximum absolute atomic E-state index is 13.0. The normalized spacial score (nSPS) is 11.9. The van der Waals surface area contributed by atoms with Gasteiger partial charge in [0.05, 0.1) is 4.90 Å². The molecule has 10 heteroatoms. The number of ether oxygens (including phenoxy) is 1. The minimum Gasteiger partial charge on any atom is -0.484 e. The minimum absolute atomic E-state index is 0.0283. The van der Waals surface area contributed by atoms with E-state index in [4.69, 9.17) is 4.74 Å². The first-order valence-corrected chi connectivity index (χ1v) is 12.2. The van der Waals surface area contributed by atoms with Crippen LogP contribution in [-0.4, -0.2) is 44.8 Å². The fraction of sp³-hybridized carbons (Fsp3) is 0.200. The summed E-state index contributed by atoms with van der Waals surface area (Å²) in [6.45, 7) is 1.52. The van der Waals surface area contributed by atoms with E-state index in [1.165, 1.54) is 48.3 Å². The van der Waals surface area contributed by atoms with Crippen molar-refractivity contribution in [2.75, 3.05) is 18.4 Å². The molecule has 0 fully saturated rings. The Kier molecular flexibility index (Phi) is 8.43. The number of likely N-dealkylation sites (N-methyl/N-ethyl adjacent to an activating group) is 1. The predicted molar refractivity (Wildman–Crippen MR) is 130 cm³/mol. The SMILES string of the molecule is CNC(=O)C(C)N(Cc1ccccc1)C(=O)COc1ccc(S(=O)(=O)Nc2ccc(F)cc2)cc1. The van der Waals surface area contributed by atoms with Crippen LogP contribution in [0.2, 0.25) is 0 Å². The Morgan fingerprint density at radius 2 is 1.60 bits per heavy atom. The Labute approximate surface area is 203 Å².